The predicted octanol–water partition coefficient (Wildman–Crippen LogP) is 0.624. The zero-order valence-electron chi connectivity index (χ0n) is 9.57. The van der Waals surface area contributed by atoms with Crippen LogP contribution in [0.25, 0.3) is 0 Å². The lowest BCUT2D eigenvalue weighted by Crippen LogP contribution is -2.41. The minimum absolute atomic E-state index is 0.0358. The molecule has 5 nitrogen and oxygen atoms in total. The van der Waals surface area contributed by atoms with Gasteiger partial charge in [0.25, 0.3) is 5.91 Å². The van der Waals surface area contributed by atoms with Crippen LogP contribution in [0.3, 0.4) is 0 Å². The largest absolute Gasteiger partial charge is 0.341 e. The average Bonchev–Trinajstić information content (AvgIpc) is 2.97. The van der Waals surface area contributed by atoms with E-state index in [0.717, 1.165) is 26.1 Å². The first-order chi connectivity index (χ1) is 7.81. The Morgan fingerprint density at radius 3 is 3.12 bits per heavy atom. The Kier molecular flexibility index (Phi) is 3.56. The molecule has 0 spiro atoms. The fraction of sp³-hybridized carbons (Fsp3) is 0.636. The summed E-state index contributed by atoms with van der Waals surface area (Å²) in [5, 5.41) is 3.40. The van der Waals surface area contributed by atoms with Gasteiger partial charge < -0.3 is 15.2 Å². The monoisotopic (exact) mass is 222 g/mol. The number of imidazole rings is 1. The number of hydrogen-bond donors (Lipinski definition) is 2. The maximum atomic E-state index is 12.1. The van der Waals surface area contributed by atoms with Crippen LogP contribution in [0, 0.1) is 0 Å². The lowest BCUT2D eigenvalue weighted by molar-refractivity contribution is 0.0746. The van der Waals surface area contributed by atoms with Gasteiger partial charge in [0.15, 0.2) is 0 Å². The van der Waals surface area contributed by atoms with Crippen molar-refractivity contribution in [2.24, 2.45) is 0 Å². The molecule has 1 aliphatic heterocycles. The second kappa shape index (κ2) is 5.12. The third-order valence-corrected chi connectivity index (χ3v) is 3.00. The van der Waals surface area contributed by atoms with Crippen molar-refractivity contribution in [1.29, 1.82) is 0 Å². The van der Waals surface area contributed by atoms with Crippen LogP contribution in [0.2, 0.25) is 0 Å². The maximum Gasteiger partial charge on any atom is 0.271 e. The zero-order chi connectivity index (χ0) is 11.4. The number of H-pyrrole nitrogens is 1. The summed E-state index contributed by atoms with van der Waals surface area (Å²) < 4.78 is 0. The summed E-state index contributed by atoms with van der Waals surface area (Å²) >= 11 is 0. The molecule has 16 heavy (non-hydrogen) atoms. The van der Waals surface area contributed by atoms with E-state index in [2.05, 4.69) is 15.3 Å². The number of aromatic nitrogens is 2. The van der Waals surface area contributed by atoms with Gasteiger partial charge in [-0.25, -0.2) is 4.98 Å². The van der Waals surface area contributed by atoms with Gasteiger partial charge >= 0.3 is 0 Å². The van der Waals surface area contributed by atoms with E-state index in [1.807, 2.05) is 11.8 Å². The topological polar surface area (TPSA) is 61.0 Å². The molecule has 1 amide bonds. The fourth-order valence-corrected chi connectivity index (χ4v) is 2.08. The molecule has 0 aromatic carbocycles. The summed E-state index contributed by atoms with van der Waals surface area (Å²) in [6, 6.07) is 0.451. The molecule has 2 heterocycles. The van der Waals surface area contributed by atoms with E-state index in [4.69, 9.17) is 0 Å². The number of carbonyl (C=O) groups excluding carboxylic acids is 1. The molecule has 1 aromatic heterocycles. The van der Waals surface area contributed by atoms with Gasteiger partial charge in [0.1, 0.15) is 5.69 Å². The van der Waals surface area contributed by atoms with Crippen LogP contribution in [0.5, 0.6) is 0 Å². The Hall–Kier alpha value is -1.36. The fourth-order valence-electron chi connectivity index (χ4n) is 2.08. The molecule has 5 heteroatoms. The van der Waals surface area contributed by atoms with Crippen LogP contribution in [0.15, 0.2) is 12.5 Å². The van der Waals surface area contributed by atoms with Crippen molar-refractivity contribution in [3.63, 3.8) is 0 Å². The zero-order valence-corrected chi connectivity index (χ0v) is 9.57. The van der Waals surface area contributed by atoms with Crippen molar-refractivity contribution in [3.05, 3.63) is 18.2 Å². The average molecular weight is 222 g/mol. The normalized spacial score (nSPS) is 19.9. The van der Waals surface area contributed by atoms with Gasteiger partial charge in [-0.05, 0) is 26.3 Å². The molecule has 1 fully saturated rings. The van der Waals surface area contributed by atoms with Crippen molar-refractivity contribution in [3.8, 4) is 0 Å². The van der Waals surface area contributed by atoms with Crippen LogP contribution in [0.4, 0.5) is 0 Å². The van der Waals surface area contributed by atoms with Crippen molar-refractivity contribution in [2.75, 3.05) is 19.6 Å². The molecule has 0 bridgehead atoms. The van der Waals surface area contributed by atoms with Crippen molar-refractivity contribution >= 4 is 5.91 Å². The molecule has 0 radical (unpaired) electrons. The van der Waals surface area contributed by atoms with E-state index < -0.39 is 0 Å². The molecule has 2 N–H and O–H groups in total. The van der Waals surface area contributed by atoms with Gasteiger partial charge in [-0.2, -0.15) is 0 Å². The minimum atomic E-state index is 0.0358. The molecular weight excluding hydrogens is 204 g/mol. The number of nitrogens with one attached hydrogen (secondary N) is 2. The van der Waals surface area contributed by atoms with Gasteiger partial charge in [0.05, 0.1) is 12.5 Å². The number of hydrogen-bond acceptors (Lipinski definition) is 3. The molecule has 1 aromatic rings. The highest BCUT2D eigenvalue weighted by Crippen LogP contribution is 2.09. The highest BCUT2D eigenvalue weighted by molar-refractivity contribution is 5.92. The number of carbonyl (C=O) groups is 1. The van der Waals surface area contributed by atoms with Gasteiger partial charge in [-0.1, -0.05) is 0 Å². The molecule has 2 rings (SSSR count). The molecular formula is C11H18N4O. The Morgan fingerprint density at radius 1 is 1.69 bits per heavy atom. The van der Waals surface area contributed by atoms with E-state index in [1.54, 1.807) is 6.20 Å². The number of aromatic amines is 1. The summed E-state index contributed by atoms with van der Waals surface area (Å²) in [7, 11) is 0. The highest BCUT2D eigenvalue weighted by atomic mass is 16.2. The second-order valence-electron chi connectivity index (χ2n) is 4.10. The Labute approximate surface area is 95.2 Å². The molecule has 1 unspecified atom stereocenters. The summed E-state index contributed by atoms with van der Waals surface area (Å²) in [4.78, 5) is 20.6. The van der Waals surface area contributed by atoms with Gasteiger partial charge in [0.2, 0.25) is 0 Å². The third-order valence-electron chi connectivity index (χ3n) is 3.00. The van der Waals surface area contributed by atoms with Crippen LogP contribution in [0.1, 0.15) is 30.3 Å². The number of nitrogens with zero attached hydrogens (tertiary/aromatic N) is 2. The van der Waals surface area contributed by atoms with E-state index in [-0.39, 0.29) is 5.91 Å². The van der Waals surface area contributed by atoms with Crippen molar-refractivity contribution in [1.82, 2.24) is 20.2 Å². The molecule has 1 atom stereocenters. The molecule has 1 aliphatic rings. The molecule has 0 aliphatic carbocycles. The lowest BCUT2D eigenvalue weighted by atomic mass is 10.2. The van der Waals surface area contributed by atoms with Gasteiger partial charge in [-0.3, -0.25) is 4.79 Å². The number of amides is 1. The SMILES string of the molecule is CCN(CC1CCCN1)C(=O)c1cnc[nH]1. The molecule has 0 saturated carbocycles. The lowest BCUT2D eigenvalue weighted by Gasteiger charge is -2.23. The summed E-state index contributed by atoms with van der Waals surface area (Å²) in [6.45, 7) is 4.59. The second-order valence-corrected chi connectivity index (χ2v) is 4.10. The van der Waals surface area contributed by atoms with E-state index in [9.17, 15) is 4.79 Å². The summed E-state index contributed by atoms with van der Waals surface area (Å²) in [5.41, 5.74) is 0.569. The predicted molar refractivity (Wildman–Crippen MR) is 61.2 cm³/mol. The van der Waals surface area contributed by atoms with Gasteiger partial charge in [-0.15, -0.1) is 0 Å². The number of rotatable bonds is 4. The summed E-state index contributed by atoms with van der Waals surface area (Å²) in [6.07, 6.45) is 5.48. The first-order valence-electron chi connectivity index (χ1n) is 5.82. The molecule has 1 saturated heterocycles. The Bertz CT molecular complexity index is 330. The summed E-state index contributed by atoms with van der Waals surface area (Å²) in [5.74, 6) is 0.0358. The third kappa shape index (κ3) is 2.41. The van der Waals surface area contributed by atoms with Crippen molar-refractivity contribution < 1.29 is 4.79 Å². The Morgan fingerprint density at radius 2 is 2.56 bits per heavy atom. The van der Waals surface area contributed by atoms with Crippen LogP contribution in [-0.2, 0) is 0 Å². The van der Waals surface area contributed by atoms with Crippen LogP contribution >= 0.6 is 0 Å². The first kappa shape index (κ1) is 11.1. The van der Waals surface area contributed by atoms with E-state index in [0.29, 0.717) is 11.7 Å². The number of likely N-dealkylation sites (N-methyl/N-ethyl adjacent to an activating group) is 1. The maximum absolute atomic E-state index is 12.1. The van der Waals surface area contributed by atoms with Crippen LogP contribution < -0.4 is 5.32 Å². The van der Waals surface area contributed by atoms with Gasteiger partial charge in [0, 0.05) is 19.1 Å². The van der Waals surface area contributed by atoms with E-state index in [1.165, 1.54) is 12.7 Å². The quantitative estimate of drug-likeness (QED) is 0.785. The van der Waals surface area contributed by atoms with Crippen molar-refractivity contribution in [2.45, 2.75) is 25.8 Å². The minimum Gasteiger partial charge on any atom is -0.341 e. The Balaban J connectivity index is 1.96. The van der Waals surface area contributed by atoms with E-state index >= 15 is 0 Å². The van der Waals surface area contributed by atoms with Crippen LogP contribution in [-0.4, -0.2) is 46.5 Å². The first-order valence-corrected chi connectivity index (χ1v) is 5.82. The highest BCUT2D eigenvalue weighted by Gasteiger charge is 2.21. The standard InChI is InChI=1S/C11H18N4O/c1-2-15(7-9-4-3-5-13-9)11(16)10-6-12-8-14-10/h6,8-9,13H,2-5,7H2,1H3,(H,12,14). The smallest absolute Gasteiger partial charge is 0.271 e. The molecule has 88 valence electrons.